The normalized spacial score (nSPS) is 26.9. The molecule has 0 radical (unpaired) electrons. The molecule has 3 unspecified atom stereocenters. The Bertz CT molecular complexity index is 356. The van der Waals surface area contributed by atoms with E-state index in [1.165, 1.54) is 22.2 Å². The van der Waals surface area contributed by atoms with Crippen LogP contribution in [0.5, 0.6) is 0 Å². The van der Waals surface area contributed by atoms with E-state index in [9.17, 15) is 0 Å². The molecule has 1 aromatic carbocycles. The molecule has 1 aliphatic rings. The Hall–Kier alpha value is 0.01000. The fourth-order valence-corrected chi connectivity index (χ4v) is 4.02. The lowest BCUT2D eigenvalue weighted by atomic mass is 10.1. The minimum absolute atomic E-state index is 0.418. The summed E-state index contributed by atoms with van der Waals surface area (Å²) in [6.45, 7) is 4.57. The van der Waals surface area contributed by atoms with Gasteiger partial charge in [0.2, 0.25) is 0 Å². The first-order valence-corrected chi connectivity index (χ1v) is 7.64. The lowest BCUT2D eigenvalue weighted by Crippen LogP contribution is -2.35. The van der Waals surface area contributed by atoms with Gasteiger partial charge in [-0.25, -0.2) is 0 Å². The third-order valence-corrected chi connectivity index (χ3v) is 5.26. The van der Waals surface area contributed by atoms with Crippen LogP contribution in [0.1, 0.15) is 31.9 Å². The van der Waals surface area contributed by atoms with Gasteiger partial charge in [-0.2, -0.15) is 11.8 Å². The molecule has 2 rings (SSSR count). The summed E-state index contributed by atoms with van der Waals surface area (Å²) in [6, 6.07) is 9.54. The maximum Gasteiger partial charge on any atom is 0.0305 e. The van der Waals surface area contributed by atoms with E-state index in [1.54, 1.807) is 0 Å². The second-order valence-corrected chi connectivity index (χ2v) is 6.72. The van der Waals surface area contributed by atoms with E-state index in [1.807, 2.05) is 0 Å². The van der Waals surface area contributed by atoms with Gasteiger partial charge in [-0.3, -0.25) is 0 Å². The van der Waals surface area contributed by atoms with E-state index in [2.05, 4.69) is 71.1 Å². The number of nitrogens with one attached hydrogen (secondary N) is 1. The first-order valence-electron chi connectivity index (χ1n) is 5.80. The van der Waals surface area contributed by atoms with E-state index in [0.717, 1.165) is 5.25 Å². The molecule has 1 fully saturated rings. The number of thioether (sulfide) groups is 1. The molecule has 0 saturated carbocycles. The molecule has 1 aromatic rings. The van der Waals surface area contributed by atoms with Crippen molar-refractivity contribution in [2.45, 2.75) is 37.6 Å². The molecule has 0 amide bonds. The van der Waals surface area contributed by atoms with Gasteiger partial charge in [-0.05, 0) is 30.7 Å². The Morgan fingerprint density at radius 3 is 2.81 bits per heavy atom. The van der Waals surface area contributed by atoms with Crippen molar-refractivity contribution in [2.24, 2.45) is 0 Å². The smallest absolute Gasteiger partial charge is 0.0305 e. The third-order valence-electron chi connectivity index (χ3n) is 3.21. The Kier molecular flexibility index (Phi) is 4.34. The maximum atomic E-state index is 3.73. The average molecular weight is 300 g/mol. The number of halogens is 1. The molecule has 0 bridgehead atoms. The monoisotopic (exact) mass is 299 g/mol. The zero-order valence-electron chi connectivity index (χ0n) is 9.74. The number of benzene rings is 1. The maximum absolute atomic E-state index is 3.73. The fraction of sp³-hybridized carbons (Fsp3) is 0.538. The summed E-state index contributed by atoms with van der Waals surface area (Å²) < 4.78 is 1.20. The molecule has 1 N–H and O–H groups in total. The van der Waals surface area contributed by atoms with Crippen LogP contribution in [0.2, 0.25) is 0 Å². The first kappa shape index (κ1) is 12.5. The van der Waals surface area contributed by atoms with Crippen LogP contribution in [0.4, 0.5) is 0 Å². The Labute approximate surface area is 111 Å². The van der Waals surface area contributed by atoms with Crippen molar-refractivity contribution in [3.8, 4) is 0 Å². The summed E-state index contributed by atoms with van der Waals surface area (Å²) in [5, 5.41) is 4.48. The van der Waals surface area contributed by atoms with E-state index in [-0.39, 0.29) is 0 Å². The molecule has 3 atom stereocenters. The Morgan fingerprint density at radius 2 is 2.19 bits per heavy atom. The predicted molar refractivity (Wildman–Crippen MR) is 76.0 cm³/mol. The van der Waals surface area contributed by atoms with Crippen molar-refractivity contribution in [1.29, 1.82) is 0 Å². The highest BCUT2D eigenvalue weighted by Gasteiger charge is 2.25. The zero-order chi connectivity index (χ0) is 11.5. The van der Waals surface area contributed by atoms with E-state index < -0.39 is 0 Å². The van der Waals surface area contributed by atoms with Crippen molar-refractivity contribution >= 4 is 27.7 Å². The number of hydrogen-bond donors (Lipinski definition) is 1. The molecular formula is C13H18BrNS. The quantitative estimate of drug-likeness (QED) is 0.905. The van der Waals surface area contributed by atoms with Crippen LogP contribution in [0, 0.1) is 0 Å². The van der Waals surface area contributed by atoms with Crippen molar-refractivity contribution < 1.29 is 0 Å². The van der Waals surface area contributed by atoms with Gasteiger partial charge in [0.15, 0.2) is 0 Å². The highest BCUT2D eigenvalue weighted by atomic mass is 79.9. The van der Waals surface area contributed by atoms with Gasteiger partial charge in [0.05, 0.1) is 0 Å². The minimum atomic E-state index is 0.418. The van der Waals surface area contributed by atoms with Crippen LogP contribution < -0.4 is 5.32 Å². The van der Waals surface area contributed by atoms with Gasteiger partial charge in [-0.15, -0.1) is 0 Å². The lowest BCUT2D eigenvalue weighted by Gasteiger charge is -2.23. The van der Waals surface area contributed by atoms with Crippen LogP contribution in [-0.2, 0) is 0 Å². The number of rotatable bonds is 3. The Balaban J connectivity index is 2.03. The minimum Gasteiger partial charge on any atom is -0.306 e. The predicted octanol–water partition coefficient (Wildman–Crippen LogP) is 3.99. The van der Waals surface area contributed by atoms with E-state index >= 15 is 0 Å². The van der Waals surface area contributed by atoms with Gasteiger partial charge in [0.1, 0.15) is 0 Å². The molecular weight excluding hydrogens is 282 g/mol. The molecule has 0 aliphatic carbocycles. The second kappa shape index (κ2) is 5.56. The summed E-state index contributed by atoms with van der Waals surface area (Å²) >= 11 is 5.69. The van der Waals surface area contributed by atoms with Crippen molar-refractivity contribution in [3.63, 3.8) is 0 Å². The fourth-order valence-electron chi connectivity index (χ4n) is 2.19. The Morgan fingerprint density at radius 1 is 1.44 bits per heavy atom. The third kappa shape index (κ3) is 2.82. The topological polar surface area (TPSA) is 12.0 Å². The summed E-state index contributed by atoms with van der Waals surface area (Å²) in [7, 11) is 0. The second-order valence-electron chi connectivity index (χ2n) is 4.38. The molecule has 0 aromatic heterocycles. The number of hydrogen-bond acceptors (Lipinski definition) is 2. The van der Waals surface area contributed by atoms with Crippen LogP contribution in [0.25, 0.3) is 0 Å². The van der Waals surface area contributed by atoms with Crippen molar-refractivity contribution in [1.82, 2.24) is 5.32 Å². The van der Waals surface area contributed by atoms with Crippen molar-refractivity contribution in [3.05, 3.63) is 34.3 Å². The molecule has 1 aliphatic heterocycles. The average Bonchev–Trinajstić information content (AvgIpc) is 2.65. The molecule has 1 nitrogen and oxygen atoms in total. The highest BCUT2D eigenvalue weighted by Crippen LogP contribution is 2.29. The van der Waals surface area contributed by atoms with E-state index in [0.29, 0.717) is 12.1 Å². The SMILES string of the molecule is CC(NC1CCSC1C)c1ccccc1Br. The first-order chi connectivity index (χ1) is 7.68. The largest absolute Gasteiger partial charge is 0.306 e. The van der Waals surface area contributed by atoms with E-state index in [4.69, 9.17) is 0 Å². The van der Waals surface area contributed by atoms with Gasteiger partial charge in [0, 0.05) is 21.8 Å². The summed E-state index contributed by atoms with van der Waals surface area (Å²) in [5.41, 5.74) is 1.35. The molecule has 0 spiro atoms. The van der Waals surface area contributed by atoms with Crippen molar-refractivity contribution in [2.75, 3.05) is 5.75 Å². The lowest BCUT2D eigenvalue weighted by molar-refractivity contribution is 0.453. The molecule has 3 heteroatoms. The molecule has 1 heterocycles. The summed E-state index contributed by atoms with van der Waals surface area (Å²) in [4.78, 5) is 0. The standard InChI is InChI=1S/C13H18BrNS/c1-9(11-5-3-4-6-12(11)14)15-13-7-8-16-10(13)2/h3-6,9-10,13,15H,7-8H2,1-2H3. The van der Waals surface area contributed by atoms with Crippen LogP contribution >= 0.6 is 27.7 Å². The van der Waals surface area contributed by atoms with Gasteiger partial charge in [0.25, 0.3) is 0 Å². The van der Waals surface area contributed by atoms with Crippen LogP contribution in [0.3, 0.4) is 0 Å². The molecule has 16 heavy (non-hydrogen) atoms. The molecule has 1 saturated heterocycles. The van der Waals surface area contributed by atoms with Gasteiger partial charge in [-0.1, -0.05) is 41.1 Å². The zero-order valence-corrected chi connectivity index (χ0v) is 12.1. The van der Waals surface area contributed by atoms with Gasteiger partial charge >= 0.3 is 0 Å². The summed E-state index contributed by atoms with van der Waals surface area (Å²) in [5.74, 6) is 1.29. The highest BCUT2D eigenvalue weighted by molar-refractivity contribution is 9.10. The molecule has 88 valence electrons. The van der Waals surface area contributed by atoms with Crippen LogP contribution in [-0.4, -0.2) is 17.0 Å². The van der Waals surface area contributed by atoms with Crippen LogP contribution in [0.15, 0.2) is 28.7 Å². The van der Waals surface area contributed by atoms with Gasteiger partial charge < -0.3 is 5.32 Å². The summed E-state index contributed by atoms with van der Waals surface area (Å²) in [6.07, 6.45) is 1.29.